The summed E-state index contributed by atoms with van der Waals surface area (Å²) in [5, 5.41) is 15.5. The lowest BCUT2D eigenvalue weighted by atomic mass is 10.1. The third kappa shape index (κ3) is 2.68. The Balaban J connectivity index is 1.91. The van der Waals surface area contributed by atoms with Gasteiger partial charge in [0.2, 0.25) is 0 Å². The number of aryl methyl sites for hydroxylation is 2. The van der Waals surface area contributed by atoms with Gasteiger partial charge in [-0.3, -0.25) is 4.79 Å². The summed E-state index contributed by atoms with van der Waals surface area (Å²) in [5.41, 5.74) is 0.838. The Bertz CT molecular complexity index is 414. The average Bonchev–Trinajstić information content (AvgIpc) is 2.81. The summed E-state index contributed by atoms with van der Waals surface area (Å²) in [7, 11) is 0. The number of aliphatic hydroxyl groups excluding tert-OH is 1. The third-order valence-electron chi connectivity index (χ3n) is 3.08. The molecule has 0 aromatic carbocycles. The minimum absolute atomic E-state index is 0.0790. The van der Waals surface area contributed by atoms with Crippen molar-refractivity contribution >= 4 is 5.91 Å². The summed E-state index contributed by atoms with van der Waals surface area (Å²) in [6.45, 7) is 5.45. The summed E-state index contributed by atoms with van der Waals surface area (Å²) in [5.74, 6) is 0.961. The van der Waals surface area contributed by atoms with Crippen molar-refractivity contribution in [3.8, 4) is 0 Å². The molecule has 5 heteroatoms. The first kappa shape index (κ1) is 12.1. The summed E-state index contributed by atoms with van der Waals surface area (Å²) in [6, 6.07) is 1.83. The van der Waals surface area contributed by atoms with Crippen molar-refractivity contribution < 1.29 is 14.3 Å². The SMILES string of the molecule is Cc1cc(C)c(C(=O)NCC2CNCC2O)o1. The molecule has 3 N–H and O–H groups in total. The molecular formula is C12H18N2O3. The zero-order valence-corrected chi connectivity index (χ0v) is 10.1. The molecule has 1 aromatic rings. The first-order chi connectivity index (χ1) is 8.08. The van der Waals surface area contributed by atoms with Gasteiger partial charge in [-0.15, -0.1) is 0 Å². The van der Waals surface area contributed by atoms with Crippen LogP contribution in [0.5, 0.6) is 0 Å². The maximum atomic E-state index is 11.8. The van der Waals surface area contributed by atoms with E-state index in [4.69, 9.17) is 4.42 Å². The molecule has 17 heavy (non-hydrogen) atoms. The molecule has 1 saturated heterocycles. The number of carbonyl (C=O) groups excluding carboxylic acids is 1. The molecule has 2 rings (SSSR count). The Labute approximate surface area is 100 Å². The maximum absolute atomic E-state index is 11.8. The Hall–Kier alpha value is -1.33. The minimum atomic E-state index is -0.380. The lowest BCUT2D eigenvalue weighted by Gasteiger charge is -2.13. The molecule has 2 atom stereocenters. The van der Waals surface area contributed by atoms with E-state index in [0.717, 1.165) is 17.9 Å². The van der Waals surface area contributed by atoms with Gasteiger partial charge in [0.15, 0.2) is 5.76 Å². The molecule has 0 radical (unpaired) electrons. The van der Waals surface area contributed by atoms with Crippen LogP contribution in [-0.4, -0.2) is 36.8 Å². The van der Waals surface area contributed by atoms with Crippen LogP contribution in [-0.2, 0) is 0 Å². The first-order valence-corrected chi connectivity index (χ1v) is 5.82. The van der Waals surface area contributed by atoms with Gasteiger partial charge in [0.25, 0.3) is 5.91 Å². The van der Waals surface area contributed by atoms with E-state index in [1.165, 1.54) is 0 Å². The molecule has 1 aliphatic heterocycles. The van der Waals surface area contributed by atoms with E-state index < -0.39 is 0 Å². The zero-order chi connectivity index (χ0) is 12.4. The quantitative estimate of drug-likeness (QED) is 0.703. The van der Waals surface area contributed by atoms with E-state index >= 15 is 0 Å². The average molecular weight is 238 g/mol. The third-order valence-corrected chi connectivity index (χ3v) is 3.08. The van der Waals surface area contributed by atoms with Crippen molar-refractivity contribution in [3.05, 3.63) is 23.2 Å². The fourth-order valence-corrected chi connectivity index (χ4v) is 2.10. The molecule has 94 valence electrons. The predicted molar refractivity (Wildman–Crippen MR) is 62.9 cm³/mol. The number of nitrogens with one attached hydrogen (secondary N) is 2. The summed E-state index contributed by atoms with van der Waals surface area (Å²) in [4.78, 5) is 11.8. The van der Waals surface area contributed by atoms with Crippen LogP contribution in [0.25, 0.3) is 0 Å². The van der Waals surface area contributed by atoms with Crippen molar-refractivity contribution in [2.24, 2.45) is 5.92 Å². The van der Waals surface area contributed by atoms with Gasteiger partial charge in [-0.2, -0.15) is 0 Å². The second-order valence-corrected chi connectivity index (χ2v) is 4.56. The number of furan rings is 1. The van der Waals surface area contributed by atoms with Crippen molar-refractivity contribution in [3.63, 3.8) is 0 Å². The summed E-state index contributed by atoms with van der Waals surface area (Å²) < 4.78 is 5.33. The van der Waals surface area contributed by atoms with E-state index in [2.05, 4.69) is 10.6 Å². The van der Waals surface area contributed by atoms with Gasteiger partial charge in [-0.1, -0.05) is 0 Å². The van der Waals surface area contributed by atoms with Gasteiger partial charge >= 0.3 is 0 Å². The van der Waals surface area contributed by atoms with Crippen molar-refractivity contribution in [1.82, 2.24) is 10.6 Å². The highest BCUT2D eigenvalue weighted by atomic mass is 16.3. The number of hydrogen-bond donors (Lipinski definition) is 3. The Morgan fingerprint density at radius 2 is 2.35 bits per heavy atom. The number of β-amino-alcohol motifs (C(OH)–C–C–N with tert-alkyl or cyclic N) is 1. The minimum Gasteiger partial charge on any atom is -0.456 e. The predicted octanol–water partition coefficient (Wildman–Crippen LogP) is 0.207. The normalized spacial score (nSPS) is 23.9. The molecule has 0 aliphatic carbocycles. The highest BCUT2D eigenvalue weighted by Crippen LogP contribution is 2.14. The fraction of sp³-hybridized carbons (Fsp3) is 0.583. The van der Waals surface area contributed by atoms with E-state index in [-0.39, 0.29) is 17.9 Å². The number of carbonyl (C=O) groups is 1. The molecule has 2 heterocycles. The Morgan fingerprint density at radius 1 is 1.59 bits per heavy atom. The summed E-state index contributed by atoms with van der Waals surface area (Å²) >= 11 is 0. The van der Waals surface area contributed by atoms with E-state index in [9.17, 15) is 9.90 Å². The number of amides is 1. The molecule has 5 nitrogen and oxygen atoms in total. The fourth-order valence-electron chi connectivity index (χ4n) is 2.10. The van der Waals surface area contributed by atoms with Gasteiger partial charge < -0.3 is 20.2 Å². The molecule has 1 aliphatic rings. The zero-order valence-electron chi connectivity index (χ0n) is 10.1. The summed E-state index contributed by atoms with van der Waals surface area (Å²) in [6.07, 6.45) is -0.380. The van der Waals surface area contributed by atoms with Gasteiger partial charge in [0.1, 0.15) is 5.76 Å². The largest absolute Gasteiger partial charge is 0.456 e. The van der Waals surface area contributed by atoms with Crippen LogP contribution in [0.3, 0.4) is 0 Å². The Kier molecular flexibility index (Phi) is 3.49. The smallest absolute Gasteiger partial charge is 0.287 e. The van der Waals surface area contributed by atoms with Crippen LogP contribution < -0.4 is 10.6 Å². The van der Waals surface area contributed by atoms with Crippen LogP contribution in [0.2, 0.25) is 0 Å². The number of rotatable bonds is 3. The molecule has 0 saturated carbocycles. The highest BCUT2D eigenvalue weighted by Gasteiger charge is 2.25. The van der Waals surface area contributed by atoms with Crippen molar-refractivity contribution in [2.45, 2.75) is 20.0 Å². The molecule has 0 spiro atoms. The van der Waals surface area contributed by atoms with Crippen molar-refractivity contribution in [1.29, 1.82) is 0 Å². The second kappa shape index (κ2) is 4.89. The van der Waals surface area contributed by atoms with Gasteiger partial charge in [-0.25, -0.2) is 0 Å². The van der Waals surface area contributed by atoms with Crippen LogP contribution in [0, 0.1) is 19.8 Å². The van der Waals surface area contributed by atoms with Gasteiger partial charge in [-0.05, 0) is 19.9 Å². The number of hydrogen-bond acceptors (Lipinski definition) is 4. The molecule has 1 aromatic heterocycles. The van der Waals surface area contributed by atoms with Crippen LogP contribution in [0.15, 0.2) is 10.5 Å². The lowest BCUT2D eigenvalue weighted by molar-refractivity contribution is 0.0897. The first-order valence-electron chi connectivity index (χ1n) is 5.82. The van der Waals surface area contributed by atoms with Crippen LogP contribution in [0.1, 0.15) is 21.9 Å². The molecule has 1 amide bonds. The highest BCUT2D eigenvalue weighted by molar-refractivity contribution is 5.92. The topological polar surface area (TPSA) is 74.5 Å². The molecule has 2 unspecified atom stereocenters. The number of aliphatic hydroxyl groups is 1. The lowest BCUT2D eigenvalue weighted by Crippen LogP contribution is -2.34. The monoisotopic (exact) mass is 238 g/mol. The second-order valence-electron chi connectivity index (χ2n) is 4.56. The van der Waals surface area contributed by atoms with E-state index in [0.29, 0.717) is 18.8 Å². The van der Waals surface area contributed by atoms with Crippen LogP contribution >= 0.6 is 0 Å². The van der Waals surface area contributed by atoms with Gasteiger partial charge in [0, 0.05) is 31.1 Å². The van der Waals surface area contributed by atoms with Gasteiger partial charge in [0.05, 0.1) is 6.10 Å². The maximum Gasteiger partial charge on any atom is 0.287 e. The van der Waals surface area contributed by atoms with Crippen LogP contribution in [0.4, 0.5) is 0 Å². The van der Waals surface area contributed by atoms with Crippen molar-refractivity contribution in [2.75, 3.05) is 19.6 Å². The Morgan fingerprint density at radius 3 is 2.88 bits per heavy atom. The van der Waals surface area contributed by atoms with E-state index in [1.807, 2.05) is 19.9 Å². The molecule has 1 fully saturated rings. The molecule has 0 bridgehead atoms. The molecular weight excluding hydrogens is 220 g/mol. The standard InChI is InChI=1S/C12H18N2O3/c1-7-3-8(2)17-11(7)12(16)14-5-9-4-13-6-10(9)15/h3,9-10,13,15H,4-6H2,1-2H3,(H,14,16). The van der Waals surface area contributed by atoms with E-state index in [1.54, 1.807) is 0 Å².